The van der Waals surface area contributed by atoms with Gasteiger partial charge in [-0.1, -0.05) is 6.58 Å². The number of aromatic nitrogens is 2. The summed E-state index contributed by atoms with van der Waals surface area (Å²) in [6.07, 6.45) is 8.27. The maximum Gasteiger partial charge on any atom is 0.271 e. The van der Waals surface area contributed by atoms with E-state index in [9.17, 15) is 9.59 Å². The number of rotatable bonds is 4. The lowest BCUT2D eigenvalue weighted by atomic mass is 10.0. The van der Waals surface area contributed by atoms with Gasteiger partial charge in [-0.05, 0) is 42.7 Å². The van der Waals surface area contributed by atoms with E-state index in [-0.39, 0.29) is 17.5 Å². The topological polar surface area (TPSA) is 78.1 Å². The molecule has 2 aromatic rings. The van der Waals surface area contributed by atoms with Crippen molar-refractivity contribution in [1.82, 2.24) is 14.9 Å². The quantitative estimate of drug-likeness (QED) is 0.844. The molecule has 24 heavy (non-hydrogen) atoms. The summed E-state index contributed by atoms with van der Waals surface area (Å²) in [5.41, 5.74) is 2.24. The molecule has 0 spiro atoms. The van der Waals surface area contributed by atoms with Crippen LogP contribution in [0.25, 0.3) is 11.1 Å². The van der Waals surface area contributed by atoms with E-state index in [1.54, 1.807) is 23.5 Å². The summed E-state index contributed by atoms with van der Waals surface area (Å²) in [5, 5.41) is 3.28. The van der Waals surface area contributed by atoms with E-state index in [0.717, 1.165) is 30.5 Å². The minimum Gasteiger partial charge on any atom is -0.376 e. The highest BCUT2D eigenvalue weighted by molar-refractivity contribution is 5.87. The molecule has 3 heterocycles. The molecule has 1 aliphatic rings. The summed E-state index contributed by atoms with van der Waals surface area (Å²) in [6, 6.07) is 5.67. The number of hydrogen-bond acceptors (Lipinski definition) is 4. The number of anilines is 1. The second-order valence-corrected chi connectivity index (χ2v) is 5.84. The molecule has 1 fully saturated rings. The van der Waals surface area contributed by atoms with E-state index in [1.807, 2.05) is 18.2 Å². The lowest BCUT2D eigenvalue weighted by Crippen LogP contribution is -2.45. The van der Waals surface area contributed by atoms with Gasteiger partial charge in [0.05, 0.1) is 0 Å². The van der Waals surface area contributed by atoms with Crippen LogP contribution in [0.5, 0.6) is 0 Å². The average Bonchev–Trinajstić information content (AvgIpc) is 2.64. The Morgan fingerprint density at radius 2 is 2.17 bits per heavy atom. The second kappa shape index (κ2) is 7.12. The third-order valence-corrected chi connectivity index (χ3v) is 4.18. The van der Waals surface area contributed by atoms with Crippen LogP contribution in [0.2, 0.25) is 0 Å². The summed E-state index contributed by atoms with van der Waals surface area (Å²) < 4.78 is 0. The summed E-state index contributed by atoms with van der Waals surface area (Å²) in [7, 11) is 0. The van der Waals surface area contributed by atoms with Crippen LogP contribution in [0.15, 0.2) is 54.2 Å². The standard InChI is InChI=1S/C18H20N4O2/c1-2-17(23)22-9-3-4-15(12-22)21-16-10-14(11-20-18(16)24)13-5-7-19-8-6-13/h2,5-8,10-11,15,21H,1,3-4,9,12H2,(H,20,24). The predicted molar refractivity (Wildman–Crippen MR) is 93.7 cm³/mol. The van der Waals surface area contributed by atoms with Gasteiger partial charge in [0.2, 0.25) is 5.91 Å². The number of nitrogens with zero attached hydrogens (tertiary/aromatic N) is 2. The molecule has 0 aromatic carbocycles. The smallest absolute Gasteiger partial charge is 0.271 e. The number of nitrogens with one attached hydrogen (secondary N) is 2. The highest BCUT2D eigenvalue weighted by Crippen LogP contribution is 2.20. The fraction of sp³-hybridized carbons (Fsp3) is 0.278. The van der Waals surface area contributed by atoms with Crippen LogP contribution in [-0.4, -0.2) is 39.9 Å². The Morgan fingerprint density at radius 1 is 1.38 bits per heavy atom. The molecule has 1 saturated heterocycles. The van der Waals surface area contributed by atoms with Crippen LogP contribution < -0.4 is 10.9 Å². The highest BCUT2D eigenvalue weighted by atomic mass is 16.2. The van der Waals surface area contributed by atoms with Crippen LogP contribution >= 0.6 is 0 Å². The van der Waals surface area contributed by atoms with Gasteiger partial charge in [0.25, 0.3) is 5.56 Å². The Morgan fingerprint density at radius 3 is 2.92 bits per heavy atom. The van der Waals surface area contributed by atoms with Gasteiger partial charge in [-0.3, -0.25) is 14.6 Å². The minimum atomic E-state index is -0.167. The van der Waals surface area contributed by atoms with Crippen LogP contribution in [0, 0.1) is 0 Å². The molecule has 2 N–H and O–H groups in total. The first-order chi connectivity index (χ1) is 11.7. The van der Waals surface area contributed by atoms with Gasteiger partial charge in [0.1, 0.15) is 5.69 Å². The van der Waals surface area contributed by atoms with E-state index in [2.05, 4.69) is 21.9 Å². The maximum atomic E-state index is 12.1. The Balaban J connectivity index is 1.78. The SMILES string of the molecule is C=CC(=O)N1CCCC(Nc2cc(-c3ccncc3)c[nH]c2=O)C1. The lowest BCUT2D eigenvalue weighted by molar-refractivity contribution is -0.127. The first kappa shape index (κ1) is 16.0. The Kier molecular flexibility index (Phi) is 4.74. The number of pyridine rings is 2. The van der Waals surface area contributed by atoms with Gasteiger partial charge in [-0.25, -0.2) is 0 Å². The van der Waals surface area contributed by atoms with E-state index in [0.29, 0.717) is 12.2 Å². The fourth-order valence-electron chi connectivity index (χ4n) is 2.95. The molecule has 124 valence electrons. The molecular formula is C18H20N4O2. The third-order valence-electron chi connectivity index (χ3n) is 4.18. The Bertz CT molecular complexity index is 785. The average molecular weight is 324 g/mol. The molecule has 0 saturated carbocycles. The molecule has 2 aromatic heterocycles. The predicted octanol–water partition coefficient (Wildman–Crippen LogP) is 2.03. The lowest BCUT2D eigenvalue weighted by Gasteiger charge is -2.32. The number of piperidine rings is 1. The summed E-state index contributed by atoms with van der Waals surface area (Å²) >= 11 is 0. The highest BCUT2D eigenvalue weighted by Gasteiger charge is 2.22. The molecule has 6 heteroatoms. The number of carbonyl (C=O) groups excluding carboxylic acids is 1. The molecular weight excluding hydrogens is 304 g/mol. The van der Waals surface area contributed by atoms with Gasteiger partial charge in [0, 0.05) is 43.3 Å². The Hall–Kier alpha value is -2.89. The van der Waals surface area contributed by atoms with E-state index in [1.165, 1.54) is 6.08 Å². The van der Waals surface area contributed by atoms with Crippen molar-refractivity contribution in [3.63, 3.8) is 0 Å². The first-order valence-corrected chi connectivity index (χ1v) is 7.98. The molecule has 6 nitrogen and oxygen atoms in total. The van der Waals surface area contributed by atoms with Crippen LogP contribution in [0.4, 0.5) is 5.69 Å². The second-order valence-electron chi connectivity index (χ2n) is 5.84. The van der Waals surface area contributed by atoms with E-state index >= 15 is 0 Å². The number of likely N-dealkylation sites (tertiary alicyclic amines) is 1. The van der Waals surface area contributed by atoms with Crippen molar-refractivity contribution >= 4 is 11.6 Å². The summed E-state index contributed by atoms with van der Waals surface area (Å²) in [4.78, 5) is 32.4. The van der Waals surface area contributed by atoms with Crippen molar-refractivity contribution in [3.05, 3.63) is 59.8 Å². The van der Waals surface area contributed by atoms with Crippen molar-refractivity contribution in [2.75, 3.05) is 18.4 Å². The molecule has 1 unspecified atom stereocenters. The van der Waals surface area contributed by atoms with E-state index in [4.69, 9.17) is 0 Å². The molecule has 0 aliphatic carbocycles. The molecule has 0 bridgehead atoms. The molecule has 0 radical (unpaired) electrons. The van der Waals surface area contributed by atoms with Crippen molar-refractivity contribution in [2.45, 2.75) is 18.9 Å². The van der Waals surface area contributed by atoms with Gasteiger partial charge in [0.15, 0.2) is 0 Å². The summed E-state index contributed by atoms with van der Waals surface area (Å²) in [6.45, 7) is 4.84. The number of carbonyl (C=O) groups is 1. The van der Waals surface area contributed by atoms with Crippen LogP contribution in [-0.2, 0) is 4.79 Å². The third kappa shape index (κ3) is 3.53. The monoisotopic (exact) mass is 324 g/mol. The Labute approximate surface area is 140 Å². The zero-order valence-electron chi connectivity index (χ0n) is 13.4. The minimum absolute atomic E-state index is 0.0523. The van der Waals surface area contributed by atoms with E-state index < -0.39 is 0 Å². The molecule has 1 atom stereocenters. The molecule has 1 aliphatic heterocycles. The van der Waals surface area contributed by atoms with Gasteiger partial charge < -0.3 is 15.2 Å². The van der Waals surface area contributed by atoms with Crippen molar-refractivity contribution < 1.29 is 4.79 Å². The van der Waals surface area contributed by atoms with Gasteiger partial charge in [-0.15, -0.1) is 0 Å². The number of amides is 1. The number of H-pyrrole nitrogens is 1. The van der Waals surface area contributed by atoms with Crippen molar-refractivity contribution in [1.29, 1.82) is 0 Å². The van der Waals surface area contributed by atoms with Crippen molar-refractivity contribution in [2.24, 2.45) is 0 Å². The zero-order valence-corrected chi connectivity index (χ0v) is 13.4. The largest absolute Gasteiger partial charge is 0.376 e. The summed E-state index contributed by atoms with van der Waals surface area (Å²) in [5.74, 6) is -0.0686. The molecule has 1 amide bonds. The maximum absolute atomic E-state index is 12.1. The van der Waals surface area contributed by atoms with Gasteiger partial charge >= 0.3 is 0 Å². The van der Waals surface area contributed by atoms with Gasteiger partial charge in [-0.2, -0.15) is 0 Å². The molecule has 3 rings (SSSR count). The number of hydrogen-bond donors (Lipinski definition) is 2. The van der Waals surface area contributed by atoms with Crippen molar-refractivity contribution in [3.8, 4) is 11.1 Å². The normalized spacial score (nSPS) is 17.3. The zero-order chi connectivity index (χ0) is 16.9. The van der Waals surface area contributed by atoms with Crippen LogP contribution in [0.3, 0.4) is 0 Å². The number of aromatic amines is 1. The first-order valence-electron chi connectivity index (χ1n) is 7.98. The van der Waals surface area contributed by atoms with Crippen LogP contribution in [0.1, 0.15) is 12.8 Å². The fourth-order valence-corrected chi connectivity index (χ4v) is 2.95.